The third kappa shape index (κ3) is 2.50. The Labute approximate surface area is 119 Å². The van der Waals surface area contributed by atoms with Gasteiger partial charge < -0.3 is 4.57 Å². The molecule has 3 heteroatoms. The summed E-state index contributed by atoms with van der Waals surface area (Å²) in [6, 6.07) is 9.83. The van der Waals surface area contributed by atoms with Gasteiger partial charge in [-0.3, -0.25) is 4.79 Å². The monoisotopic (exact) mass is 266 g/mol. The van der Waals surface area contributed by atoms with E-state index in [-0.39, 0.29) is 12.3 Å². The van der Waals surface area contributed by atoms with Gasteiger partial charge in [-0.1, -0.05) is 12.1 Å². The molecule has 0 bridgehead atoms. The smallest absolute Gasteiger partial charge is 0.182 e. The summed E-state index contributed by atoms with van der Waals surface area (Å²) in [5, 5.41) is 9.19. The highest BCUT2D eigenvalue weighted by Crippen LogP contribution is 2.16. The minimum atomic E-state index is 0.0308. The second-order valence-electron chi connectivity index (χ2n) is 5.24. The molecule has 0 saturated heterocycles. The summed E-state index contributed by atoms with van der Waals surface area (Å²) in [5.41, 5.74) is 5.40. The van der Waals surface area contributed by atoms with Crippen LogP contribution in [0.25, 0.3) is 0 Å². The minimum Gasteiger partial charge on any atom is -0.329 e. The summed E-state index contributed by atoms with van der Waals surface area (Å²) in [5.74, 6) is 0.0308. The number of nitriles is 1. The number of hydrogen-bond donors (Lipinski definition) is 0. The SMILES string of the molecule is Cc1ccc(C(=O)Cn2c(C)cc(C)c2C#N)cc1C. The Morgan fingerprint density at radius 3 is 2.40 bits per heavy atom. The van der Waals surface area contributed by atoms with Crippen LogP contribution in [0.1, 0.15) is 38.4 Å². The first kappa shape index (κ1) is 14.1. The summed E-state index contributed by atoms with van der Waals surface area (Å²) in [7, 11) is 0. The molecule has 0 N–H and O–H groups in total. The zero-order chi connectivity index (χ0) is 14.9. The fourth-order valence-corrected chi connectivity index (χ4v) is 2.35. The van der Waals surface area contributed by atoms with Crippen molar-refractivity contribution in [3.05, 3.63) is 57.9 Å². The lowest BCUT2D eigenvalue weighted by molar-refractivity contribution is 0.0971. The molecule has 0 atom stereocenters. The third-order valence-electron chi connectivity index (χ3n) is 3.73. The van der Waals surface area contributed by atoms with Gasteiger partial charge in [0.15, 0.2) is 5.78 Å². The van der Waals surface area contributed by atoms with Gasteiger partial charge in [0.25, 0.3) is 0 Å². The maximum Gasteiger partial charge on any atom is 0.182 e. The number of aromatic nitrogens is 1. The van der Waals surface area contributed by atoms with E-state index in [0.29, 0.717) is 11.3 Å². The maximum atomic E-state index is 12.4. The van der Waals surface area contributed by atoms with Gasteiger partial charge in [-0.25, -0.2) is 0 Å². The summed E-state index contributed by atoms with van der Waals surface area (Å²) < 4.78 is 1.78. The number of carbonyl (C=O) groups excluding carboxylic acids is 1. The van der Waals surface area contributed by atoms with Crippen molar-refractivity contribution in [3.8, 4) is 6.07 Å². The van der Waals surface area contributed by atoms with E-state index in [1.807, 2.05) is 52.0 Å². The molecule has 1 aromatic carbocycles. The Morgan fingerprint density at radius 1 is 1.10 bits per heavy atom. The minimum absolute atomic E-state index is 0.0308. The van der Waals surface area contributed by atoms with Crippen LogP contribution >= 0.6 is 0 Å². The Bertz CT molecular complexity index is 717. The van der Waals surface area contributed by atoms with Crippen LogP contribution in [0, 0.1) is 39.0 Å². The van der Waals surface area contributed by atoms with E-state index in [4.69, 9.17) is 0 Å². The van der Waals surface area contributed by atoms with Gasteiger partial charge in [-0.15, -0.1) is 0 Å². The summed E-state index contributed by atoms with van der Waals surface area (Å²) in [6.07, 6.45) is 0. The lowest BCUT2D eigenvalue weighted by atomic mass is 10.0. The van der Waals surface area contributed by atoms with E-state index in [9.17, 15) is 10.1 Å². The number of nitrogens with zero attached hydrogens (tertiary/aromatic N) is 2. The number of Topliss-reactive ketones (excluding diaryl/α,β-unsaturated/α-hetero) is 1. The van der Waals surface area contributed by atoms with Crippen molar-refractivity contribution in [3.63, 3.8) is 0 Å². The van der Waals surface area contributed by atoms with E-state index in [1.165, 1.54) is 5.56 Å². The van der Waals surface area contributed by atoms with Gasteiger partial charge >= 0.3 is 0 Å². The van der Waals surface area contributed by atoms with Crippen LogP contribution in [-0.4, -0.2) is 10.4 Å². The van der Waals surface area contributed by atoms with E-state index >= 15 is 0 Å². The molecule has 2 aromatic rings. The number of hydrogen-bond acceptors (Lipinski definition) is 2. The fraction of sp³-hybridized carbons (Fsp3) is 0.294. The molecule has 0 spiro atoms. The van der Waals surface area contributed by atoms with E-state index < -0.39 is 0 Å². The second-order valence-corrected chi connectivity index (χ2v) is 5.24. The Hall–Kier alpha value is -2.34. The molecule has 3 nitrogen and oxygen atoms in total. The van der Waals surface area contributed by atoms with Gasteiger partial charge in [-0.2, -0.15) is 5.26 Å². The Balaban J connectivity index is 2.33. The van der Waals surface area contributed by atoms with E-state index in [1.54, 1.807) is 4.57 Å². The zero-order valence-corrected chi connectivity index (χ0v) is 12.3. The highest BCUT2D eigenvalue weighted by Gasteiger charge is 2.14. The quantitative estimate of drug-likeness (QED) is 0.798. The molecule has 0 aliphatic heterocycles. The van der Waals surface area contributed by atoms with Crippen molar-refractivity contribution in [1.29, 1.82) is 5.26 Å². The van der Waals surface area contributed by atoms with Crippen molar-refractivity contribution in [2.75, 3.05) is 0 Å². The summed E-state index contributed by atoms with van der Waals surface area (Å²) in [6.45, 7) is 8.05. The molecule has 0 unspecified atom stereocenters. The van der Waals surface area contributed by atoms with Crippen molar-refractivity contribution in [2.45, 2.75) is 34.2 Å². The number of benzene rings is 1. The van der Waals surface area contributed by atoms with Gasteiger partial charge in [0.2, 0.25) is 0 Å². The van der Waals surface area contributed by atoms with Crippen LogP contribution in [0.2, 0.25) is 0 Å². The van der Waals surface area contributed by atoms with Crippen molar-refractivity contribution in [2.24, 2.45) is 0 Å². The average molecular weight is 266 g/mol. The van der Waals surface area contributed by atoms with E-state index in [2.05, 4.69) is 6.07 Å². The average Bonchev–Trinajstić information content (AvgIpc) is 2.67. The van der Waals surface area contributed by atoms with Gasteiger partial charge in [-0.05, 0) is 56.5 Å². The predicted molar refractivity (Wildman–Crippen MR) is 78.9 cm³/mol. The lowest BCUT2D eigenvalue weighted by Crippen LogP contribution is -2.13. The molecule has 1 aromatic heterocycles. The molecule has 102 valence electrons. The second kappa shape index (κ2) is 5.34. The van der Waals surface area contributed by atoms with Crippen molar-refractivity contribution >= 4 is 5.78 Å². The van der Waals surface area contributed by atoms with Crippen LogP contribution in [0.5, 0.6) is 0 Å². The molecule has 0 saturated carbocycles. The van der Waals surface area contributed by atoms with Crippen molar-refractivity contribution in [1.82, 2.24) is 4.57 Å². The molecule has 0 aliphatic carbocycles. The molecule has 0 amide bonds. The molecule has 1 heterocycles. The highest BCUT2D eigenvalue weighted by atomic mass is 16.1. The fourth-order valence-electron chi connectivity index (χ4n) is 2.35. The number of rotatable bonds is 3. The predicted octanol–water partition coefficient (Wildman–Crippen LogP) is 3.48. The van der Waals surface area contributed by atoms with Gasteiger partial charge in [0, 0.05) is 11.3 Å². The molecular weight excluding hydrogens is 248 g/mol. The van der Waals surface area contributed by atoms with Gasteiger partial charge in [0.1, 0.15) is 11.8 Å². The standard InChI is InChI=1S/C17H18N2O/c1-11-5-6-15(8-12(11)2)17(20)10-19-14(4)7-13(3)16(19)9-18/h5-8H,10H2,1-4H3. The number of carbonyl (C=O) groups is 1. The molecule has 0 fully saturated rings. The molecular formula is C17H18N2O. The van der Waals surface area contributed by atoms with Crippen LogP contribution in [0.15, 0.2) is 24.3 Å². The lowest BCUT2D eigenvalue weighted by Gasteiger charge is -2.09. The molecule has 20 heavy (non-hydrogen) atoms. The molecule has 0 radical (unpaired) electrons. The molecule has 0 aliphatic rings. The molecule has 2 rings (SSSR count). The van der Waals surface area contributed by atoms with Crippen LogP contribution in [0.4, 0.5) is 0 Å². The Kier molecular flexibility index (Phi) is 3.76. The van der Waals surface area contributed by atoms with Crippen LogP contribution in [-0.2, 0) is 6.54 Å². The van der Waals surface area contributed by atoms with Crippen molar-refractivity contribution < 1.29 is 4.79 Å². The van der Waals surface area contributed by atoms with Crippen LogP contribution in [0.3, 0.4) is 0 Å². The first-order chi connectivity index (χ1) is 9.43. The summed E-state index contributed by atoms with van der Waals surface area (Å²) in [4.78, 5) is 12.4. The number of aryl methyl sites for hydroxylation is 4. The topological polar surface area (TPSA) is 45.8 Å². The zero-order valence-electron chi connectivity index (χ0n) is 12.3. The Morgan fingerprint density at radius 2 is 1.80 bits per heavy atom. The van der Waals surface area contributed by atoms with Crippen LogP contribution < -0.4 is 0 Å². The first-order valence-electron chi connectivity index (χ1n) is 6.61. The van der Waals surface area contributed by atoms with Gasteiger partial charge in [0.05, 0.1) is 6.54 Å². The maximum absolute atomic E-state index is 12.4. The normalized spacial score (nSPS) is 10.3. The number of ketones is 1. The largest absolute Gasteiger partial charge is 0.329 e. The highest BCUT2D eigenvalue weighted by molar-refractivity contribution is 5.96. The first-order valence-corrected chi connectivity index (χ1v) is 6.61. The van der Waals surface area contributed by atoms with E-state index in [0.717, 1.165) is 16.8 Å². The third-order valence-corrected chi connectivity index (χ3v) is 3.73. The summed E-state index contributed by atoms with van der Waals surface area (Å²) >= 11 is 0.